The van der Waals surface area contributed by atoms with Gasteiger partial charge in [-0.25, -0.2) is 18.2 Å². The number of allylic oxidation sites excluding steroid dienone is 1. The molecule has 17 heteroatoms. The normalized spacial score (nSPS) is 17.5. The minimum atomic E-state index is -5.28. The van der Waals surface area contributed by atoms with Crippen LogP contribution in [0.25, 0.3) is 5.83 Å². The molecule has 2 atom stereocenters. The number of benzene rings is 2. The molecular weight excluding hydrogens is 630 g/mol. The molecule has 40 heavy (non-hydrogen) atoms. The Labute approximate surface area is 234 Å². The van der Waals surface area contributed by atoms with Crippen LogP contribution in [0.2, 0.25) is 15.1 Å². The van der Waals surface area contributed by atoms with Gasteiger partial charge in [-0.15, -0.1) is 0 Å². The second-order valence-corrected chi connectivity index (χ2v) is 9.44. The molecule has 5 nitrogen and oxygen atoms in total. The first-order valence-corrected chi connectivity index (χ1v) is 11.9. The Hall–Kier alpha value is -2.68. The highest BCUT2D eigenvalue weighted by Gasteiger charge is 2.42. The molecule has 0 spiro atoms. The van der Waals surface area contributed by atoms with Gasteiger partial charge in [0, 0.05) is 5.56 Å². The van der Waals surface area contributed by atoms with Crippen molar-refractivity contribution in [3.63, 3.8) is 0 Å². The molecule has 1 N–H and O–H groups in total. The van der Waals surface area contributed by atoms with E-state index in [4.69, 9.17) is 34.8 Å². The lowest BCUT2D eigenvalue weighted by Gasteiger charge is -2.18. The van der Waals surface area contributed by atoms with Gasteiger partial charge in [-0.2, -0.15) is 26.3 Å². The smallest absolute Gasteiger partial charge is 0.338 e. The highest BCUT2D eigenvalue weighted by atomic mass is 35.5. The van der Waals surface area contributed by atoms with Crippen molar-refractivity contribution < 1.29 is 53.9 Å². The van der Waals surface area contributed by atoms with E-state index in [1.165, 1.54) is 0 Å². The van der Waals surface area contributed by atoms with E-state index < -0.39 is 78.2 Å². The highest BCUT2D eigenvalue weighted by molar-refractivity contribution is 6.48. The van der Waals surface area contributed by atoms with E-state index in [-0.39, 0.29) is 31.8 Å². The summed E-state index contributed by atoms with van der Waals surface area (Å²) in [4.78, 5) is 29.1. The van der Waals surface area contributed by atoms with Gasteiger partial charge in [0.05, 0.1) is 32.1 Å². The number of alkyl halides is 8. The second-order valence-electron chi connectivity index (χ2n) is 8.24. The van der Waals surface area contributed by atoms with Gasteiger partial charge in [0.25, 0.3) is 11.8 Å². The minimum absolute atomic E-state index is 0.0979. The van der Waals surface area contributed by atoms with E-state index >= 15 is 0 Å². The summed E-state index contributed by atoms with van der Waals surface area (Å²) in [6, 6.07) is 1.60. The molecule has 1 aliphatic rings. The standard InChI is InChI=1S/C23H14Cl3F9N2O3/c24-14-4-10(5-15(25)18(14)26)12(19(28)29)6-16(27)9-1-2-11(13(3-9)23(33,34)35)20(38)36-17-7-40-37(21(17)39)8-22(30,31)32/h1-6,12,17,19H,7-8H2,(H,36,38)/b16-6-/t12?,17-/m1/s1. The average Bonchev–Trinajstić information content (AvgIpc) is 3.16. The molecule has 1 heterocycles. The number of carbonyl (C=O) groups is 2. The maximum absolute atomic E-state index is 15.0. The summed E-state index contributed by atoms with van der Waals surface area (Å²) in [5.41, 5.74) is -3.96. The van der Waals surface area contributed by atoms with Crippen LogP contribution in [-0.4, -0.2) is 48.7 Å². The molecule has 0 bridgehead atoms. The minimum Gasteiger partial charge on any atom is -0.338 e. The number of hydrogen-bond acceptors (Lipinski definition) is 3. The van der Waals surface area contributed by atoms with Crippen LogP contribution >= 0.6 is 34.8 Å². The maximum atomic E-state index is 15.0. The molecule has 0 radical (unpaired) electrons. The lowest BCUT2D eigenvalue weighted by molar-refractivity contribution is -0.214. The molecule has 1 saturated heterocycles. The number of amides is 2. The Morgan fingerprint density at radius 1 is 1.07 bits per heavy atom. The zero-order valence-electron chi connectivity index (χ0n) is 19.3. The summed E-state index contributed by atoms with van der Waals surface area (Å²) in [5, 5.41) is 1.12. The fourth-order valence-corrected chi connectivity index (χ4v) is 4.17. The fraction of sp³-hybridized carbons (Fsp3) is 0.304. The Balaban J connectivity index is 1.91. The van der Waals surface area contributed by atoms with Crippen molar-refractivity contribution in [2.75, 3.05) is 13.2 Å². The van der Waals surface area contributed by atoms with Crippen molar-refractivity contribution >= 4 is 52.4 Å². The topological polar surface area (TPSA) is 58.6 Å². The fourth-order valence-electron chi connectivity index (χ4n) is 3.56. The van der Waals surface area contributed by atoms with Crippen LogP contribution in [0.1, 0.15) is 33.0 Å². The van der Waals surface area contributed by atoms with Gasteiger partial charge in [0.2, 0.25) is 6.43 Å². The zero-order chi connectivity index (χ0) is 30.2. The van der Waals surface area contributed by atoms with Crippen LogP contribution in [0.4, 0.5) is 39.5 Å². The van der Waals surface area contributed by atoms with E-state index in [2.05, 4.69) is 4.84 Å². The van der Waals surface area contributed by atoms with E-state index in [1.807, 2.05) is 5.32 Å². The predicted octanol–water partition coefficient (Wildman–Crippen LogP) is 7.46. The summed E-state index contributed by atoms with van der Waals surface area (Å²) in [6.45, 7) is -2.61. The molecule has 218 valence electrons. The number of halogens is 12. The van der Waals surface area contributed by atoms with Gasteiger partial charge in [-0.05, 0) is 35.9 Å². The van der Waals surface area contributed by atoms with Crippen LogP contribution in [0.5, 0.6) is 0 Å². The monoisotopic (exact) mass is 642 g/mol. The van der Waals surface area contributed by atoms with Gasteiger partial charge >= 0.3 is 12.4 Å². The first-order chi connectivity index (χ1) is 18.4. The third-order valence-corrected chi connectivity index (χ3v) is 6.60. The van der Waals surface area contributed by atoms with Crippen LogP contribution in [0.15, 0.2) is 36.4 Å². The Morgan fingerprint density at radius 3 is 2.20 bits per heavy atom. The highest BCUT2D eigenvalue weighted by Crippen LogP contribution is 2.39. The van der Waals surface area contributed by atoms with Crippen LogP contribution in [0.3, 0.4) is 0 Å². The first-order valence-electron chi connectivity index (χ1n) is 10.7. The lowest BCUT2D eigenvalue weighted by Crippen LogP contribution is -2.44. The third kappa shape index (κ3) is 7.53. The Kier molecular flexibility index (Phi) is 9.59. The SMILES string of the molecule is O=C(N[C@@H]1CON(CC(F)(F)F)C1=O)c1ccc(/C(F)=C/C(c2cc(Cl)c(Cl)c(Cl)c2)C(F)F)cc1C(F)(F)F. The molecule has 0 saturated carbocycles. The van der Waals surface area contributed by atoms with E-state index in [0.717, 1.165) is 12.1 Å². The van der Waals surface area contributed by atoms with Gasteiger partial charge < -0.3 is 5.32 Å². The van der Waals surface area contributed by atoms with Crippen LogP contribution < -0.4 is 5.32 Å². The maximum Gasteiger partial charge on any atom is 0.417 e. The van der Waals surface area contributed by atoms with Gasteiger partial charge in [-0.3, -0.25) is 14.4 Å². The first kappa shape index (κ1) is 31.8. The molecular formula is C23H14Cl3F9N2O3. The summed E-state index contributed by atoms with van der Waals surface area (Å²) in [7, 11) is 0. The van der Waals surface area contributed by atoms with E-state index in [0.29, 0.717) is 18.2 Å². The Bertz CT molecular complexity index is 1310. The molecule has 2 aromatic carbocycles. The van der Waals surface area contributed by atoms with Crippen molar-refractivity contribution in [1.82, 2.24) is 10.4 Å². The zero-order valence-corrected chi connectivity index (χ0v) is 21.6. The number of hydrogen-bond donors (Lipinski definition) is 1. The van der Waals surface area contributed by atoms with Crippen molar-refractivity contribution in [1.29, 1.82) is 0 Å². The average molecular weight is 644 g/mol. The molecule has 3 rings (SSSR count). The number of carbonyl (C=O) groups excluding carboxylic acids is 2. The summed E-state index contributed by atoms with van der Waals surface area (Å²) in [5.74, 6) is -6.43. The molecule has 2 amide bonds. The summed E-state index contributed by atoms with van der Waals surface area (Å²) >= 11 is 17.4. The lowest BCUT2D eigenvalue weighted by atomic mass is 9.96. The molecule has 1 aliphatic heterocycles. The van der Waals surface area contributed by atoms with Crippen molar-refractivity contribution in [2.45, 2.75) is 30.7 Å². The van der Waals surface area contributed by atoms with Crippen molar-refractivity contribution in [3.8, 4) is 0 Å². The molecule has 0 aliphatic carbocycles. The van der Waals surface area contributed by atoms with Gasteiger partial charge in [-0.1, -0.05) is 40.9 Å². The predicted molar refractivity (Wildman–Crippen MR) is 126 cm³/mol. The van der Waals surface area contributed by atoms with E-state index in [1.54, 1.807) is 0 Å². The van der Waals surface area contributed by atoms with Crippen LogP contribution in [-0.2, 0) is 15.8 Å². The molecule has 1 fully saturated rings. The second kappa shape index (κ2) is 12.0. The Morgan fingerprint density at radius 2 is 1.68 bits per heavy atom. The molecule has 0 aromatic heterocycles. The van der Waals surface area contributed by atoms with Crippen molar-refractivity contribution in [2.24, 2.45) is 0 Å². The van der Waals surface area contributed by atoms with Gasteiger partial charge in [0.15, 0.2) is 0 Å². The molecule has 2 aromatic rings. The summed E-state index contributed by atoms with van der Waals surface area (Å²) < 4.78 is 121. The number of hydroxylamine groups is 2. The quantitative estimate of drug-likeness (QED) is 0.252. The van der Waals surface area contributed by atoms with Crippen molar-refractivity contribution in [3.05, 3.63) is 73.7 Å². The van der Waals surface area contributed by atoms with Gasteiger partial charge in [0.1, 0.15) is 25.0 Å². The van der Waals surface area contributed by atoms with E-state index in [9.17, 15) is 49.1 Å². The number of nitrogens with one attached hydrogen (secondary N) is 1. The largest absolute Gasteiger partial charge is 0.417 e. The van der Waals surface area contributed by atoms with Crippen LogP contribution in [0, 0.1) is 0 Å². The third-order valence-electron chi connectivity index (χ3n) is 5.40. The number of nitrogens with zero attached hydrogens (tertiary/aromatic N) is 1. The number of rotatable bonds is 7. The summed E-state index contributed by atoms with van der Waals surface area (Å²) in [6.07, 6.45) is -13.0. The molecule has 1 unspecified atom stereocenters.